The van der Waals surface area contributed by atoms with Gasteiger partial charge in [0.05, 0.1) is 13.3 Å². The molecule has 0 unspecified atom stereocenters. The second-order valence-corrected chi connectivity index (χ2v) is 3.58. The number of hydrogen-bond donors (Lipinski definition) is 2. The van der Waals surface area contributed by atoms with Gasteiger partial charge in [0.1, 0.15) is 17.3 Å². The third-order valence-corrected chi connectivity index (χ3v) is 2.34. The monoisotopic (exact) mass is 244 g/mol. The smallest absolute Gasteiger partial charge is 0.256 e. The molecule has 92 valence electrons. The topological polar surface area (TPSA) is 71.5 Å². The van der Waals surface area contributed by atoms with Gasteiger partial charge in [0.15, 0.2) is 0 Å². The molecule has 0 radical (unpaired) electrons. The van der Waals surface area contributed by atoms with Crippen LogP contribution in [-0.2, 0) is 0 Å². The number of hydrogen-bond acceptors (Lipinski definition) is 4. The summed E-state index contributed by atoms with van der Waals surface area (Å²) in [7, 11) is 1.56. The number of carbonyl (C=O) groups excluding carboxylic acids is 1. The summed E-state index contributed by atoms with van der Waals surface area (Å²) >= 11 is 0. The van der Waals surface area contributed by atoms with Crippen molar-refractivity contribution in [2.45, 2.75) is 0 Å². The Morgan fingerprint density at radius 3 is 2.50 bits per heavy atom. The van der Waals surface area contributed by atoms with Crippen molar-refractivity contribution in [2.24, 2.45) is 0 Å². The van der Waals surface area contributed by atoms with Gasteiger partial charge in [0, 0.05) is 5.56 Å². The van der Waals surface area contributed by atoms with Crippen LogP contribution in [0, 0.1) is 0 Å². The van der Waals surface area contributed by atoms with Gasteiger partial charge < -0.3 is 15.2 Å². The van der Waals surface area contributed by atoms with E-state index in [4.69, 9.17) is 9.84 Å². The highest BCUT2D eigenvalue weighted by atomic mass is 16.5. The van der Waals surface area contributed by atoms with E-state index in [0.717, 1.165) is 0 Å². The highest BCUT2D eigenvalue weighted by molar-refractivity contribution is 6.03. The Labute approximate surface area is 104 Å². The molecule has 5 nitrogen and oxygen atoms in total. The summed E-state index contributed by atoms with van der Waals surface area (Å²) in [5.41, 5.74) is 0.505. The fraction of sp³-hybridized carbons (Fsp3) is 0.0769. The van der Waals surface area contributed by atoms with Gasteiger partial charge >= 0.3 is 0 Å². The standard InChI is InChI=1S/C13H12N2O3/c1-18-11-5-2-9(3-6-11)13(17)15-12-7-4-10(16)8-14-12/h2-8,16H,1H3,(H,14,15,17). The number of anilines is 1. The Balaban J connectivity index is 2.09. The molecule has 0 spiro atoms. The van der Waals surface area contributed by atoms with E-state index in [-0.39, 0.29) is 11.7 Å². The Morgan fingerprint density at radius 2 is 1.94 bits per heavy atom. The largest absolute Gasteiger partial charge is 0.506 e. The van der Waals surface area contributed by atoms with E-state index < -0.39 is 0 Å². The number of rotatable bonds is 3. The lowest BCUT2D eigenvalue weighted by Gasteiger charge is -2.05. The molecule has 0 aliphatic carbocycles. The quantitative estimate of drug-likeness (QED) is 0.866. The lowest BCUT2D eigenvalue weighted by atomic mass is 10.2. The molecule has 0 saturated heterocycles. The summed E-state index contributed by atoms with van der Waals surface area (Å²) in [6.07, 6.45) is 1.27. The van der Waals surface area contributed by atoms with E-state index in [1.54, 1.807) is 31.4 Å². The van der Waals surface area contributed by atoms with Gasteiger partial charge in [-0.05, 0) is 36.4 Å². The van der Waals surface area contributed by atoms with Crippen molar-refractivity contribution in [3.05, 3.63) is 48.2 Å². The predicted octanol–water partition coefficient (Wildman–Crippen LogP) is 2.05. The van der Waals surface area contributed by atoms with Gasteiger partial charge in [-0.15, -0.1) is 0 Å². The molecule has 18 heavy (non-hydrogen) atoms. The maximum Gasteiger partial charge on any atom is 0.256 e. The zero-order valence-corrected chi connectivity index (χ0v) is 9.75. The van der Waals surface area contributed by atoms with Gasteiger partial charge in [-0.3, -0.25) is 4.79 Å². The zero-order chi connectivity index (χ0) is 13.0. The number of nitrogens with one attached hydrogen (secondary N) is 1. The highest BCUT2D eigenvalue weighted by Crippen LogP contribution is 2.14. The molecule has 5 heteroatoms. The Bertz CT molecular complexity index is 535. The molecule has 0 bridgehead atoms. The molecule has 1 amide bonds. The maximum atomic E-state index is 11.8. The van der Waals surface area contributed by atoms with Crippen LogP contribution in [0.4, 0.5) is 5.82 Å². The SMILES string of the molecule is COc1ccc(C(=O)Nc2ccc(O)cn2)cc1. The van der Waals surface area contributed by atoms with Crippen molar-refractivity contribution in [1.82, 2.24) is 4.98 Å². The highest BCUT2D eigenvalue weighted by Gasteiger charge is 2.06. The first kappa shape index (κ1) is 11.9. The molecule has 0 aliphatic heterocycles. The Morgan fingerprint density at radius 1 is 1.22 bits per heavy atom. The Kier molecular flexibility index (Phi) is 3.43. The minimum atomic E-state index is -0.268. The van der Waals surface area contributed by atoms with Crippen molar-refractivity contribution in [1.29, 1.82) is 0 Å². The minimum Gasteiger partial charge on any atom is -0.506 e. The number of aromatic nitrogens is 1. The van der Waals surface area contributed by atoms with Crippen LogP contribution in [0.3, 0.4) is 0 Å². The van der Waals surface area contributed by atoms with Crippen LogP contribution < -0.4 is 10.1 Å². The van der Waals surface area contributed by atoms with Crippen molar-refractivity contribution in [3.8, 4) is 11.5 Å². The molecule has 2 N–H and O–H groups in total. The van der Waals surface area contributed by atoms with E-state index in [1.807, 2.05) is 0 Å². The van der Waals surface area contributed by atoms with Gasteiger partial charge in [0.2, 0.25) is 0 Å². The first-order chi connectivity index (χ1) is 8.69. The summed E-state index contributed by atoms with van der Waals surface area (Å²) in [6, 6.07) is 9.72. The first-order valence-electron chi connectivity index (χ1n) is 5.29. The van der Waals surface area contributed by atoms with Crippen LogP contribution in [0.25, 0.3) is 0 Å². The number of aromatic hydroxyl groups is 1. The molecular formula is C13H12N2O3. The van der Waals surface area contributed by atoms with Crippen LogP contribution >= 0.6 is 0 Å². The van der Waals surface area contributed by atoms with Gasteiger partial charge in [0.25, 0.3) is 5.91 Å². The predicted molar refractivity (Wildman–Crippen MR) is 66.8 cm³/mol. The molecule has 0 fully saturated rings. The van der Waals surface area contributed by atoms with Crippen LogP contribution in [0.1, 0.15) is 10.4 Å². The molecular weight excluding hydrogens is 232 g/mol. The number of methoxy groups -OCH3 is 1. The van der Waals surface area contributed by atoms with Gasteiger partial charge in [-0.1, -0.05) is 0 Å². The molecule has 0 aliphatic rings. The number of benzene rings is 1. The van der Waals surface area contributed by atoms with Crippen molar-refractivity contribution < 1.29 is 14.6 Å². The average molecular weight is 244 g/mol. The minimum absolute atomic E-state index is 0.0532. The van der Waals surface area contributed by atoms with Gasteiger partial charge in [-0.2, -0.15) is 0 Å². The molecule has 0 saturated carbocycles. The van der Waals surface area contributed by atoms with E-state index in [1.165, 1.54) is 18.3 Å². The second kappa shape index (κ2) is 5.18. The third kappa shape index (κ3) is 2.76. The third-order valence-electron chi connectivity index (χ3n) is 2.34. The Hall–Kier alpha value is -2.56. The summed E-state index contributed by atoms with van der Waals surface area (Å²) in [5, 5.41) is 11.7. The summed E-state index contributed by atoms with van der Waals surface area (Å²) in [6.45, 7) is 0. The second-order valence-electron chi connectivity index (χ2n) is 3.58. The number of ether oxygens (including phenoxy) is 1. The fourth-order valence-electron chi connectivity index (χ4n) is 1.39. The van der Waals surface area contributed by atoms with E-state index in [2.05, 4.69) is 10.3 Å². The van der Waals surface area contributed by atoms with E-state index in [0.29, 0.717) is 17.1 Å². The van der Waals surface area contributed by atoms with Crippen LogP contribution in [-0.4, -0.2) is 23.1 Å². The zero-order valence-electron chi connectivity index (χ0n) is 9.75. The molecule has 1 aromatic carbocycles. The molecule has 1 heterocycles. The fourth-order valence-corrected chi connectivity index (χ4v) is 1.39. The lowest BCUT2D eigenvalue weighted by Crippen LogP contribution is -2.12. The lowest BCUT2D eigenvalue weighted by molar-refractivity contribution is 0.102. The number of amides is 1. The maximum absolute atomic E-state index is 11.8. The number of carbonyl (C=O) groups is 1. The van der Waals surface area contributed by atoms with Crippen molar-refractivity contribution in [2.75, 3.05) is 12.4 Å². The molecule has 1 aromatic heterocycles. The van der Waals surface area contributed by atoms with Crippen LogP contribution in [0.15, 0.2) is 42.6 Å². The van der Waals surface area contributed by atoms with Crippen LogP contribution in [0.2, 0.25) is 0 Å². The van der Waals surface area contributed by atoms with E-state index in [9.17, 15) is 4.79 Å². The summed E-state index contributed by atoms with van der Waals surface area (Å²) < 4.78 is 5.01. The summed E-state index contributed by atoms with van der Waals surface area (Å²) in [5.74, 6) is 0.858. The first-order valence-corrected chi connectivity index (χ1v) is 5.29. The number of nitrogens with zero attached hydrogens (tertiary/aromatic N) is 1. The van der Waals surface area contributed by atoms with Crippen LogP contribution in [0.5, 0.6) is 11.5 Å². The average Bonchev–Trinajstić information content (AvgIpc) is 2.41. The van der Waals surface area contributed by atoms with Gasteiger partial charge in [-0.25, -0.2) is 4.98 Å². The van der Waals surface area contributed by atoms with Crippen molar-refractivity contribution in [3.63, 3.8) is 0 Å². The van der Waals surface area contributed by atoms with E-state index >= 15 is 0 Å². The normalized spacial score (nSPS) is 9.83. The van der Waals surface area contributed by atoms with Crippen molar-refractivity contribution >= 4 is 11.7 Å². The molecule has 0 atom stereocenters. The number of pyridine rings is 1. The molecule has 2 rings (SSSR count). The summed E-state index contributed by atoms with van der Waals surface area (Å²) in [4.78, 5) is 15.7. The molecule has 2 aromatic rings.